The van der Waals surface area contributed by atoms with Crippen molar-refractivity contribution in [2.75, 3.05) is 7.11 Å². The summed E-state index contributed by atoms with van der Waals surface area (Å²) >= 11 is 0. The zero-order chi connectivity index (χ0) is 13.8. The molecular weight excluding hydrogens is 236 g/mol. The standard InChI is InChI=1S/C17H30O2/c1-16(2)11-8-9-17(16,3)13(10-11)12-6-5-7-14(19-4)15(12)18/h11-15,18H,5-10H2,1-4H3/t11-,12?,13+,14?,15?,17+/m1/s1. The monoisotopic (exact) mass is 266 g/mol. The highest BCUT2D eigenvalue weighted by atomic mass is 16.5. The maximum atomic E-state index is 10.7. The molecule has 3 unspecified atom stereocenters. The number of fused-ring (bicyclic) bond motifs is 2. The van der Waals surface area contributed by atoms with Crippen molar-refractivity contribution >= 4 is 0 Å². The molecule has 6 atom stereocenters. The Morgan fingerprint density at radius 2 is 1.84 bits per heavy atom. The molecule has 3 fully saturated rings. The van der Waals surface area contributed by atoms with Crippen molar-refractivity contribution in [1.82, 2.24) is 0 Å². The first-order chi connectivity index (χ1) is 8.91. The van der Waals surface area contributed by atoms with Crippen molar-refractivity contribution in [2.24, 2.45) is 28.6 Å². The molecule has 0 saturated heterocycles. The lowest BCUT2D eigenvalue weighted by Crippen LogP contribution is -2.46. The van der Waals surface area contributed by atoms with E-state index < -0.39 is 0 Å². The van der Waals surface area contributed by atoms with Gasteiger partial charge in [0.05, 0.1) is 12.2 Å². The summed E-state index contributed by atoms with van der Waals surface area (Å²) in [6.45, 7) is 7.43. The van der Waals surface area contributed by atoms with Crippen LogP contribution < -0.4 is 0 Å². The van der Waals surface area contributed by atoms with Crippen LogP contribution in [0.25, 0.3) is 0 Å². The quantitative estimate of drug-likeness (QED) is 0.827. The van der Waals surface area contributed by atoms with Crippen molar-refractivity contribution in [3.8, 4) is 0 Å². The topological polar surface area (TPSA) is 29.5 Å². The summed E-state index contributed by atoms with van der Waals surface area (Å²) in [4.78, 5) is 0. The second kappa shape index (κ2) is 4.46. The number of methoxy groups -OCH3 is 1. The molecule has 2 nitrogen and oxygen atoms in total. The second-order valence-electron chi connectivity index (χ2n) is 8.08. The minimum Gasteiger partial charge on any atom is -0.390 e. The molecule has 0 amide bonds. The lowest BCUT2D eigenvalue weighted by atomic mass is 9.60. The zero-order valence-corrected chi connectivity index (χ0v) is 13.0. The van der Waals surface area contributed by atoms with Crippen molar-refractivity contribution in [3.63, 3.8) is 0 Å². The van der Waals surface area contributed by atoms with Crippen LogP contribution in [0.4, 0.5) is 0 Å². The highest BCUT2D eigenvalue weighted by molar-refractivity contribution is 5.12. The normalized spacial score (nSPS) is 52.6. The van der Waals surface area contributed by atoms with Gasteiger partial charge in [0.25, 0.3) is 0 Å². The van der Waals surface area contributed by atoms with Crippen LogP contribution in [0.1, 0.15) is 59.3 Å². The van der Waals surface area contributed by atoms with Gasteiger partial charge in [-0.1, -0.05) is 27.2 Å². The van der Waals surface area contributed by atoms with E-state index in [-0.39, 0.29) is 12.2 Å². The average molecular weight is 266 g/mol. The van der Waals surface area contributed by atoms with Gasteiger partial charge in [0.2, 0.25) is 0 Å². The van der Waals surface area contributed by atoms with Gasteiger partial charge >= 0.3 is 0 Å². The molecule has 0 heterocycles. The molecule has 1 N–H and O–H groups in total. The van der Waals surface area contributed by atoms with Gasteiger partial charge in [0.1, 0.15) is 0 Å². The van der Waals surface area contributed by atoms with E-state index in [1.54, 1.807) is 7.11 Å². The second-order valence-corrected chi connectivity index (χ2v) is 8.08. The van der Waals surface area contributed by atoms with E-state index in [2.05, 4.69) is 20.8 Å². The molecule has 2 heteroatoms. The summed E-state index contributed by atoms with van der Waals surface area (Å²) in [6.07, 6.45) is 7.38. The molecule has 0 aromatic rings. The summed E-state index contributed by atoms with van der Waals surface area (Å²) in [5.41, 5.74) is 0.885. The van der Waals surface area contributed by atoms with E-state index in [0.717, 1.165) is 12.3 Å². The van der Waals surface area contributed by atoms with Crippen LogP contribution in [0.2, 0.25) is 0 Å². The molecular formula is C17H30O2. The van der Waals surface area contributed by atoms with E-state index >= 15 is 0 Å². The third-order valence-electron chi connectivity index (χ3n) is 7.53. The molecule has 3 aliphatic rings. The predicted molar refractivity (Wildman–Crippen MR) is 76.9 cm³/mol. The number of ether oxygens (including phenoxy) is 1. The minimum absolute atomic E-state index is 0.0737. The van der Waals surface area contributed by atoms with Gasteiger partial charge in [-0.15, -0.1) is 0 Å². The maximum absolute atomic E-state index is 10.7. The first-order valence-corrected chi connectivity index (χ1v) is 8.12. The Bertz CT molecular complexity index is 351. The Hall–Kier alpha value is -0.0800. The number of aliphatic hydroxyl groups is 1. The van der Waals surface area contributed by atoms with Crippen LogP contribution in [-0.2, 0) is 4.74 Å². The van der Waals surface area contributed by atoms with Crippen molar-refractivity contribution in [1.29, 1.82) is 0 Å². The Labute approximate surface area is 117 Å². The van der Waals surface area contributed by atoms with E-state index in [4.69, 9.17) is 4.74 Å². The van der Waals surface area contributed by atoms with Crippen molar-refractivity contribution in [3.05, 3.63) is 0 Å². The van der Waals surface area contributed by atoms with Crippen LogP contribution in [0.3, 0.4) is 0 Å². The lowest BCUT2D eigenvalue weighted by Gasteiger charge is -2.46. The minimum atomic E-state index is -0.240. The van der Waals surface area contributed by atoms with Crippen LogP contribution in [-0.4, -0.2) is 24.4 Å². The molecule has 0 radical (unpaired) electrons. The molecule has 3 saturated carbocycles. The highest BCUT2D eigenvalue weighted by Gasteiger charge is 2.63. The molecule has 0 spiro atoms. The van der Waals surface area contributed by atoms with Gasteiger partial charge in [-0.05, 0) is 60.7 Å². The Kier molecular flexibility index (Phi) is 3.26. The fourth-order valence-electron chi connectivity index (χ4n) is 5.78. The summed E-state index contributed by atoms with van der Waals surface area (Å²) < 4.78 is 5.51. The zero-order valence-electron chi connectivity index (χ0n) is 13.0. The molecule has 0 aromatic heterocycles. The van der Waals surface area contributed by atoms with Gasteiger partial charge in [-0.2, -0.15) is 0 Å². The molecule has 3 aliphatic carbocycles. The lowest BCUT2D eigenvalue weighted by molar-refractivity contribution is -0.0998. The Morgan fingerprint density at radius 3 is 2.37 bits per heavy atom. The van der Waals surface area contributed by atoms with Crippen molar-refractivity contribution in [2.45, 2.75) is 71.5 Å². The number of hydrogen-bond donors (Lipinski definition) is 1. The van der Waals surface area contributed by atoms with Gasteiger partial charge in [0, 0.05) is 7.11 Å². The average Bonchev–Trinajstić information content (AvgIpc) is 2.71. The first-order valence-electron chi connectivity index (χ1n) is 8.12. The molecule has 0 aliphatic heterocycles. The molecule has 3 rings (SSSR count). The fraction of sp³-hybridized carbons (Fsp3) is 1.00. The van der Waals surface area contributed by atoms with Crippen LogP contribution in [0.5, 0.6) is 0 Å². The summed E-state index contributed by atoms with van der Waals surface area (Å²) in [7, 11) is 1.75. The van der Waals surface area contributed by atoms with Crippen molar-refractivity contribution < 1.29 is 9.84 Å². The third-order valence-corrected chi connectivity index (χ3v) is 7.53. The SMILES string of the molecule is COC1CCCC([C@@H]2C[C@H]3CC[C@]2(C)C3(C)C)C1O. The summed E-state index contributed by atoms with van der Waals surface area (Å²) in [6, 6.07) is 0. The fourth-order valence-corrected chi connectivity index (χ4v) is 5.78. The predicted octanol–water partition coefficient (Wildman–Crippen LogP) is 3.62. The molecule has 19 heavy (non-hydrogen) atoms. The highest BCUT2D eigenvalue weighted by Crippen LogP contribution is 2.70. The van der Waals surface area contributed by atoms with Gasteiger partial charge in [0.15, 0.2) is 0 Å². The molecule has 110 valence electrons. The van der Waals surface area contributed by atoms with Gasteiger partial charge in [-0.3, -0.25) is 0 Å². The van der Waals surface area contributed by atoms with Crippen LogP contribution >= 0.6 is 0 Å². The number of hydrogen-bond acceptors (Lipinski definition) is 2. The Balaban J connectivity index is 1.84. The molecule has 2 bridgehead atoms. The van der Waals surface area contributed by atoms with E-state index in [0.29, 0.717) is 22.7 Å². The largest absolute Gasteiger partial charge is 0.390 e. The maximum Gasteiger partial charge on any atom is 0.0833 e. The Morgan fingerprint density at radius 1 is 1.11 bits per heavy atom. The summed E-state index contributed by atoms with van der Waals surface area (Å²) in [5.74, 6) is 2.04. The van der Waals surface area contributed by atoms with E-state index in [1.165, 1.54) is 32.1 Å². The number of aliphatic hydroxyl groups excluding tert-OH is 1. The van der Waals surface area contributed by atoms with Crippen LogP contribution in [0, 0.1) is 28.6 Å². The van der Waals surface area contributed by atoms with Gasteiger partial charge in [-0.25, -0.2) is 0 Å². The first kappa shape index (κ1) is 13.9. The van der Waals surface area contributed by atoms with Gasteiger partial charge < -0.3 is 9.84 Å². The summed E-state index contributed by atoms with van der Waals surface area (Å²) in [5, 5.41) is 10.7. The third kappa shape index (κ3) is 1.75. The molecule has 0 aromatic carbocycles. The van der Waals surface area contributed by atoms with E-state index in [1.807, 2.05) is 0 Å². The van der Waals surface area contributed by atoms with E-state index in [9.17, 15) is 5.11 Å². The smallest absolute Gasteiger partial charge is 0.0833 e. The number of rotatable bonds is 2. The van der Waals surface area contributed by atoms with Crippen LogP contribution in [0.15, 0.2) is 0 Å².